The van der Waals surface area contributed by atoms with E-state index in [1.54, 1.807) is 24.3 Å². The Morgan fingerprint density at radius 1 is 1.47 bits per heavy atom. The van der Waals surface area contributed by atoms with Gasteiger partial charge in [-0.15, -0.1) is 0 Å². The van der Waals surface area contributed by atoms with Crippen molar-refractivity contribution < 1.29 is 9.59 Å². The van der Waals surface area contributed by atoms with Crippen molar-refractivity contribution in [2.24, 2.45) is 5.92 Å². The van der Waals surface area contributed by atoms with Gasteiger partial charge in [0, 0.05) is 17.8 Å². The van der Waals surface area contributed by atoms with E-state index in [1.807, 2.05) is 0 Å². The van der Waals surface area contributed by atoms with Gasteiger partial charge in [-0.1, -0.05) is 18.7 Å². The van der Waals surface area contributed by atoms with E-state index in [2.05, 4.69) is 6.58 Å². The quantitative estimate of drug-likeness (QED) is 0.485. The van der Waals surface area contributed by atoms with Crippen LogP contribution >= 0.6 is 0 Å². The standard InChI is InChI=1S/C13H14N2O2/c1-2-15-8-7-10(13(15)17)12(16)9-5-3-4-6-11(9)14/h2-6,10H,1,7-8,14H2. The molecular formula is C13H14N2O2. The molecule has 0 radical (unpaired) electrons. The molecule has 0 spiro atoms. The average Bonchev–Trinajstić information content (AvgIpc) is 2.70. The van der Waals surface area contributed by atoms with Gasteiger partial charge < -0.3 is 10.6 Å². The van der Waals surface area contributed by atoms with Crippen LogP contribution in [0, 0.1) is 5.92 Å². The molecule has 2 rings (SSSR count). The van der Waals surface area contributed by atoms with E-state index in [1.165, 1.54) is 11.1 Å². The number of nitrogen functional groups attached to an aromatic ring is 1. The van der Waals surface area contributed by atoms with Crippen LogP contribution in [0.1, 0.15) is 16.8 Å². The highest BCUT2D eigenvalue weighted by molar-refractivity contribution is 6.13. The topological polar surface area (TPSA) is 63.4 Å². The summed E-state index contributed by atoms with van der Waals surface area (Å²) in [7, 11) is 0. The average molecular weight is 230 g/mol. The molecule has 2 N–H and O–H groups in total. The molecule has 1 atom stereocenters. The van der Waals surface area contributed by atoms with Crippen molar-refractivity contribution in [1.29, 1.82) is 0 Å². The van der Waals surface area contributed by atoms with Gasteiger partial charge in [-0.05, 0) is 24.8 Å². The predicted molar refractivity (Wildman–Crippen MR) is 65.2 cm³/mol. The largest absolute Gasteiger partial charge is 0.398 e. The maximum Gasteiger partial charge on any atom is 0.237 e. The van der Waals surface area contributed by atoms with E-state index < -0.39 is 5.92 Å². The SMILES string of the molecule is C=CN1CCC(C(=O)c2ccccc2N)C1=O. The normalized spacial score (nSPS) is 19.4. The first kappa shape index (κ1) is 11.4. The van der Waals surface area contributed by atoms with Crippen LogP contribution < -0.4 is 5.73 Å². The number of anilines is 1. The highest BCUT2D eigenvalue weighted by Crippen LogP contribution is 2.24. The molecule has 0 saturated carbocycles. The van der Waals surface area contributed by atoms with Gasteiger partial charge in [-0.25, -0.2) is 0 Å². The van der Waals surface area contributed by atoms with E-state index >= 15 is 0 Å². The third kappa shape index (κ3) is 1.93. The summed E-state index contributed by atoms with van der Waals surface area (Å²) in [6, 6.07) is 6.83. The Labute approximate surface area is 99.7 Å². The van der Waals surface area contributed by atoms with Crippen LogP contribution in [-0.4, -0.2) is 23.1 Å². The summed E-state index contributed by atoms with van der Waals surface area (Å²) in [6.45, 7) is 4.09. The van der Waals surface area contributed by atoms with Crippen molar-refractivity contribution in [2.45, 2.75) is 6.42 Å². The lowest BCUT2D eigenvalue weighted by Gasteiger charge is -2.11. The molecule has 1 aromatic rings. The number of carbonyl (C=O) groups excluding carboxylic acids is 2. The fourth-order valence-corrected chi connectivity index (χ4v) is 2.04. The van der Waals surface area contributed by atoms with Crippen molar-refractivity contribution in [3.8, 4) is 0 Å². The number of amides is 1. The van der Waals surface area contributed by atoms with Gasteiger partial charge in [0.1, 0.15) is 5.92 Å². The monoisotopic (exact) mass is 230 g/mol. The number of hydrogen-bond donors (Lipinski definition) is 1. The summed E-state index contributed by atoms with van der Waals surface area (Å²) >= 11 is 0. The van der Waals surface area contributed by atoms with Gasteiger partial charge in [-0.2, -0.15) is 0 Å². The molecule has 1 heterocycles. The Kier molecular flexibility index (Phi) is 2.95. The van der Waals surface area contributed by atoms with Crippen LogP contribution in [0.4, 0.5) is 5.69 Å². The van der Waals surface area contributed by atoms with Gasteiger partial charge in [0.25, 0.3) is 0 Å². The van der Waals surface area contributed by atoms with E-state index in [0.29, 0.717) is 24.2 Å². The van der Waals surface area contributed by atoms with Crippen LogP contribution in [0.5, 0.6) is 0 Å². The highest BCUT2D eigenvalue weighted by atomic mass is 16.2. The van der Waals surface area contributed by atoms with Gasteiger partial charge in [0.05, 0.1) is 0 Å². The lowest BCUT2D eigenvalue weighted by Crippen LogP contribution is -2.26. The molecule has 4 heteroatoms. The Morgan fingerprint density at radius 3 is 2.76 bits per heavy atom. The fourth-order valence-electron chi connectivity index (χ4n) is 2.04. The summed E-state index contributed by atoms with van der Waals surface area (Å²) in [6.07, 6.45) is 1.99. The molecule has 17 heavy (non-hydrogen) atoms. The molecule has 0 aromatic heterocycles. The number of hydrogen-bond acceptors (Lipinski definition) is 3. The van der Waals surface area contributed by atoms with E-state index in [9.17, 15) is 9.59 Å². The molecule has 0 aliphatic carbocycles. The first-order valence-electron chi connectivity index (χ1n) is 5.47. The molecule has 4 nitrogen and oxygen atoms in total. The minimum atomic E-state index is -0.613. The van der Waals surface area contributed by atoms with Crippen molar-refractivity contribution in [3.63, 3.8) is 0 Å². The molecule has 0 bridgehead atoms. The van der Waals surface area contributed by atoms with Crippen molar-refractivity contribution in [3.05, 3.63) is 42.6 Å². The Hall–Kier alpha value is -2.10. The van der Waals surface area contributed by atoms with Crippen LogP contribution in [0.15, 0.2) is 37.0 Å². The summed E-state index contributed by atoms with van der Waals surface area (Å²) in [4.78, 5) is 25.5. The second-order valence-electron chi connectivity index (χ2n) is 4.01. The third-order valence-electron chi connectivity index (χ3n) is 3.00. The molecule has 1 amide bonds. The van der Waals surface area contributed by atoms with Crippen molar-refractivity contribution in [2.75, 3.05) is 12.3 Å². The van der Waals surface area contributed by atoms with E-state index in [-0.39, 0.29) is 11.7 Å². The number of Topliss-reactive ketones (excluding diaryl/α,β-unsaturated/α-hetero) is 1. The lowest BCUT2D eigenvalue weighted by atomic mass is 9.95. The Balaban J connectivity index is 2.25. The zero-order valence-electron chi connectivity index (χ0n) is 9.43. The Bertz CT molecular complexity index is 482. The second-order valence-corrected chi connectivity index (χ2v) is 4.01. The summed E-state index contributed by atoms with van der Waals surface area (Å²) in [5.41, 5.74) is 6.58. The molecule has 1 aliphatic rings. The van der Waals surface area contributed by atoms with Crippen molar-refractivity contribution in [1.82, 2.24) is 4.90 Å². The third-order valence-corrected chi connectivity index (χ3v) is 3.00. The summed E-state index contributed by atoms with van der Waals surface area (Å²) in [5, 5.41) is 0. The van der Waals surface area contributed by atoms with Gasteiger partial charge in [0.15, 0.2) is 5.78 Å². The minimum Gasteiger partial charge on any atom is -0.398 e. The van der Waals surface area contributed by atoms with Crippen LogP contribution in [0.25, 0.3) is 0 Å². The maximum atomic E-state index is 12.2. The molecule has 1 fully saturated rings. The highest BCUT2D eigenvalue weighted by Gasteiger charge is 2.36. The van der Waals surface area contributed by atoms with E-state index in [0.717, 1.165) is 0 Å². The number of para-hydroxylation sites is 1. The van der Waals surface area contributed by atoms with Crippen LogP contribution in [-0.2, 0) is 4.79 Å². The second kappa shape index (κ2) is 4.41. The number of likely N-dealkylation sites (tertiary alicyclic amines) is 1. The van der Waals surface area contributed by atoms with Crippen LogP contribution in [0.3, 0.4) is 0 Å². The molecular weight excluding hydrogens is 216 g/mol. The first-order chi connectivity index (χ1) is 8.15. The van der Waals surface area contributed by atoms with Crippen LogP contribution in [0.2, 0.25) is 0 Å². The fraction of sp³-hybridized carbons (Fsp3) is 0.231. The minimum absolute atomic E-state index is 0.187. The zero-order valence-corrected chi connectivity index (χ0v) is 9.43. The maximum absolute atomic E-state index is 12.2. The van der Waals surface area contributed by atoms with Crippen molar-refractivity contribution >= 4 is 17.4 Å². The summed E-state index contributed by atoms with van der Waals surface area (Å²) < 4.78 is 0. The predicted octanol–water partition coefficient (Wildman–Crippen LogP) is 1.44. The number of nitrogens with two attached hydrogens (primary N) is 1. The summed E-state index contributed by atoms with van der Waals surface area (Å²) in [5.74, 6) is -0.997. The number of carbonyl (C=O) groups is 2. The van der Waals surface area contributed by atoms with Gasteiger partial charge >= 0.3 is 0 Å². The molecule has 88 valence electrons. The number of nitrogens with zero attached hydrogens (tertiary/aromatic N) is 1. The first-order valence-corrected chi connectivity index (χ1v) is 5.47. The zero-order chi connectivity index (χ0) is 12.4. The lowest BCUT2D eigenvalue weighted by molar-refractivity contribution is -0.127. The molecule has 1 saturated heterocycles. The number of benzene rings is 1. The molecule has 1 aromatic carbocycles. The van der Waals surface area contributed by atoms with Gasteiger partial charge in [-0.3, -0.25) is 9.59 Å². The van der Waals surface area contributed by atoms with E-state index in [4.69, 9.17) is 5.73 Å². The molecule has 1 unspecified atom stereocenters. The van der Waals surface area contributed by atoms with Gasteiger partial charge in [0.2, 0.25) is 5.91 Å². The smallest absolute Gasteiger partial charge is 0.237 e. The number of ketones is 1. The molecule has 1 aliphatic heterocycles. The Morgan fingerprint density at radius 2 is 2.18 bits per heavy atom. The number of rotatable bonds is 3.